The lowest BCUT2D eigenvalue weighted by atomic mass is 9.81. The minimum atomic E-state index is -0.264. The number of carbonyl (C=O) groups is 2. The van der Waals surface area contributed by atoms with E-state index in [0.717, 1.165) is 32.1 Å². The molecule has 1 N–H and O–H groups in total. The number of nitrogens with one attached hydrogen (secondary N) is 1. The fraction of sp³-hybridized carbons (Fsp3) is 0.778. The van der Waals surface area contributed by atoms with Gasteiger partial charge in [-0.2, -0.15) is 0 Å². The van der Waals surface area contributed by atoms with Crippen LogP contribution in [0.5, 0.6) is 0 Å². The van der Waals surface area contributed by atoms with Crippen molar-refractivity contribution in [3.8, 4) is 0 Å². The van der Waals surface area contributed by atoms with Crippen LogP contribution in [0.15, 0.2) is 0 Å². The second-order valence-corrected chi connectivity index (χ2v) is 3.72. The zero-order chi connectivity index (χ0) is 9.03. The molecule has 0 spiro atoms. The van der Waals surface area contributed by atoms with Crippen LogP contribution in [0.25, 0.3) is 0 Å². The molecular weight excluding hydrogens is 154 g/mol. The Hall–Kier alpha value is -0.700. The Morgan fingerprint density at radius 2 is 2.33 bits per heavy atom. The van der Waals surface area contributed by atoms with E-state index >= 15 is 0 Å². The van der Waals surface area contributed by atoms with Crippen LogP contribution in [-0.2, 0) is 9.59 Å². The molecule has 1 saturated heterocycles. The Labute approximate surface area is 72.5 Å². The first kappa shape index (κ1) is 9.39. The summed E-state index contributed by atoms with van der Waals surface area (Å²) in [6.45, 7) is 3.48. The maximum absolute atomic E-state index is 10.8. The number of rotatable bonds is 4. The smallest absolute Gasteiger partial charge is 0.127 e. The highest BCUT2D eigenvalue weighted by atomic mass is 16.1. The zero-order valence-electron chi connectivity index (χ0n) is 7.38. The highest BCUT2D eigenvalue weighted by molar-refractivity contribution is 5.62. The highest BCUT2D eigenvalue weighted by Crippen LogP contribution is 2.29. The van der Waals surface area contributed by atoms with Crippen LogP contribution in [0.3, 0.4) is 0 Å². The lowest BCUT2D eigenvalue weighted by Crippen LogP contribution is -2.28. The van der Waals surface area contributed by atoms with Crippen LogP contribution in [0.2, 0.25) is 0 Å². The first-order valence-corrected chi connectivity index (χ1v) is 4.35. The molecule has 0 bridgehead atoms. The lowest BCUT2D eigenvalue weighted by molar-refractivity contribution is -0.117. The fourth-order valence-electron chi connectivity index (χ4n) is 1.78. The SMILES string of the molecule is C[C@H](C=O)C[C@@]1(C=O)CCNC1. The van der Waals surface area contributed by atoms with Gasteiger partial charge in [-0.25, -0.2) is 0 Å². The van der Waals surface area contributed by atoms with Gasteiger partial charge < -0.3 is 14.9 Å². The molecule has 0 aliphatic carbocycles. The van der Waals surface area contributed by atoms with E-state index in [1.165, 1.54) is 0 Å². The topological polar surface area (TPSA) is 46.2 Å². The third-order valence-corrected chi connectivity index (χ3v) is 2.49. The molecule has 0 aromatic heterocycles. The molecule has 1 fully saturated rings. The van der Waals surface area contributed by atoms with Crippen LogP contribution in [0.1, 0.15) is 19.8 Å². The number of hydrogen-bond acceptors (Lipinski definition) is 3. The standard InChI is InChI=1S/C9H15NO2/c1-8(5-11)4-9(7-12)2-3-10-6-9/h5,7-8,10H,2-4,6H2,1H3/t8-,9-/m0/s1. The molecule has 1 rings (SSSR count). The summed E-state index contributed by atoms with van der Waals surface area (Å²) in [5, 5.41) is 3.15. The second-order valence-electron chi connectivity index (χ2n) is 3.72. The number of carbonyl (C=O) groups excluding carboxylic acids is 2. The van der Waals surface area contributed by atoms with E-state index in [0.29, 0.717) is 6.42 Å². The molecule has 12 heavy (non-hydrogen) atoms. The Morgan fingerprint density at radius 3 is 2.75 bits per heavy atom. The minimum absolute atomic E-state index is 0.00454. The van der Waals surface area contributed by atoms with E-state index in [1.807, 2.05) is 6.92 Å². The maximum Gasteiger partial charge on any atom is 0.127 e. The molecule has 2 atom stereocenters. The lowest BCUT2D eigenvalue weighted by Gasteiger charge is -2.22. The molecule has 0 unspecified atom stereocenters. The third-order valence-electron chi connectivity index (χ3n) is 2.49. The van der Waals surface area contributed by atoms with E-state index in [4.69, 9.17) is 0 Å². The van der Waals surface area contributed by atoms with Crippen molar-refractivity contribution < 1.29 is 9.59 Å². The molecule has 1 heterocycles. The summed E-state index contributed by atoms with van der Waals surface area (Å²) in [6, 6.07) is 0. The molecule has 1 aliphatic heterocycles. The monoisotopic (exact) mass is 169 g/mol. The Bertz CT molecular complexity index is 173. The Kier molecular flexibility index (Phi) is 2.98. The van der Waals surface area contributed by atoms with Gasteiger partial charge in [-0.15, -0.1) is 0 Å². The summed E-state index contributed by atoms with van der Waals surface area (Å²) in [7, 11) is 0. The van der Waals surface area contributed by atoms with E-state index in [-0.39, 0.29) is 11.3 Å². The van der Waals surface area contributed by atoms with Crippen molar-refractivity contribution in [2.75, 3.05) is 13.1 Å². The molecule has 0 aromatic carbocycles. The highest BCUT2D eigenvalue weighted by Gasteiger charge is 2.34. The molecular formula is C9H15NO2. The number of hydrogen-bond donors (Lipinski definition) is 1. The van der Waals surface area contributed by atoms with Crippen LogP contribution >= 0.6 is 0 Å². The molecule has 0 aromatic rings. The van der Waals surface area contributed by atoms with E-state index in [1.54, 1.807) is 0 Å². The van der Waals surface area contributed by atoms with Gasteiger partial charge in [0.2, 0.25) is 0 Å². The number of aldehydes is 2. The summed E-state index contributed by atoms with van der Waals surface area (Å²) in [6.07, 6.45) is 3.48. The first-order valence-electron chi connectivity index (χ1n) is 4.35. The molecule has 3 nitrogen and oxygen atoms in total. The van der Waals surface area contributed by atoms with Gasteiger partial charge in [0.1, 0.15) is 12.6 Å². The van der Waals surface area contributed by atoms with Crippen LogP contribution in [0.4, 0.5) is 0 Å². The van der Waals surface area contributed by atoms with Crippen molar-refractivity contribution in [3.05, 3.63) is 0 Å². The van der Waals surface area contributed by atoms with Gasteiger partial charge in [0, 0.05) is 17.9 Å². The largest absolute Gasteiger partial charge is 0.316 e. The quantitative estimate of drug-likeness (QED) is 0.619. The summed E-state index contributed by atoms with van der Waals surface area (Å²) in [5.74, 6) is -0.00454. The second kappa shape index (κ2) is 3.81. The van der Waals surface area contributed by atoms with Gasteiger partial charge in [-0.3, -0.25) is 0 Å². The fourth-order valence-corrected chi connectivity index (χ4v) is 1.78. The minimum Gasteiger partial charge on any atom is -0.316 e. The summed E-state index contributed by atoms with van der Waals surface area (Å²) < 4.78 is 0. The summed E-state index contributed by atoms with van der Waals surface area (Å²) >= 11 is 0. The Balaban J connectivity index is 2.54. The molecule has 0 radical (unpaired) electrons. The molecule has 0 amide bonds. The normalized spacial score (nSPS) is 31.4. The summed E-state index contributed by atoms with van der Waals surface area (Å²) in [5.41, 5.74) is -0.264. The van der Waals surface area contributed by atoms with Gasteiger partial charge in [0.25, 0.3) is 0 Å². The van der Waals surface area contributed by atoms with Crippen molar-refractivity contribution in [2.45, 2.75) is 19.8 Å². The summed E-state index contributed by atoms with van der Waals surface area (Å²) in [4.78, 5) is 21.2. The van der Waals surface area contributed by atoms with E-state index < -0.39 is 0 Å². The van der Waals surface area contributed by atoms with E-state index in [2.05, 4.69) is 5.32 Å². The van der Waals surface area contributed by atoms with Crippen LogP contribution < -0.4 is 5.32 Å². The predicted molar refractivity (Wildman–Crippen MR) is 45.8 cm³/mol. The van der Waals surface area contributed by atoms with Gasteiger partial charge >= 0.3 is 0 Å². The van der Waals surface area contributed by atoms with Crippen molar-refractivity contribution in [1.82, 2.24) is 5.32 Å². The average molecular weight is 169 g/mol. The third kappa shape index (κ3) is 1.91. The molecule has 68 valence electrons. The van der Waals surface area contributed by atoms with Crippen LogP contribution in [-0.4, -0.2) is 25.7 Å². The van der Waals surface area contributed by atoms with Gasteiger partial charge in [0.05, 0.1) is 0 Å². The van der Waals surface area contributed by atoms with Crippen molar-refractivity contribution in [3.63, 3.8) is 0 Å². The predicted octanol–water partition coefficient (Wildman–Crippen LogP) is 0.390. The molecule has 1 aliphatic rings. The van der Waals surface area contributed by atoms with Gasteiger partial charge in [-0.05, 0) is 19.4 Å². The molecule has 0 saturated carbocycles. The van der Waals surface area contributed by atoms with Crippen LogP contribution in [0, 0.1) is 11.3 Å². The van der Waals surface area contributed by atoms with Gasteiger partial charge in [0.15, 0.2) is 0 Å². The Morgan fingerprint density at radius 1 is 1.58 bits per heavy atom. The van der Waals surface area contributed by atoms with E-state index in [9.17, 15) is 9.59 Å². The zero-order valence-corrected chi connectivity index (χ0v) is 7.38. The van der Waals surface area contributed by atoms with Crippen molar-refractivity contribution >= 4 is 12.6 Å². The maximum atomic E-state index is 10.8. The first-order chi connectivity index (χ1) is 5.72. The van der Waals surface area contributed by atoms with Crippen molar-refractivity contribution in [1.29, 1.82) is 0 Å². The van der Waals surface area contributed by atoms with Gasteiger partial charge in [-0.1, -0.05) is 6.92 Å². The molecule has 3 heteroatoms. The average Bonchev–Trinajstić information content (AvgIpc) is 2.54. The van der Waals surface area contributed by atoms with Crippen molar-refractivity contribution in [2.24, 2.45) is 11.3 Å².